The van der Waals surface area contributed by atoms with Crippen LogP contribution >= 0.6 is 11.6 Å². The topological polar surface area (TPSA) is 88.3 Å². The molecule has 4 aromatic rings. The third-order valence-corrected chi connectivity index (χ3v) is 6.85. The highest BCUT2D eigenvalue weighted by Crippen LogP contribution is 2.45. The molecule has 2 aromatic heterocycles. The van der Waals surface area contributed by atoms with E-state index in [1.165, 1.54) is 0 Å². The summed E-state index contributed by atoms with van der Waals surface area (Å²) < 4.78 is 3.62. The predicted molar refractivity (Wildman–Crippen MR) is 141 cm³/mol. The van der Waals surface area contributed by atoms with Crippen molar-refractivity contribution in [1.29, 1.82) is 0 Å². The first-order valence-corrected chi connectivity index (χ1v) is 12.1. The summed E-state index contributed by atoms with van der Waals surface area (Å²) in [6, 6.07) is 11.0. The fourth-order valence-corrected chi connectivity index (χ4v) is 4.95. The van der Waals surface area contributed by atoms with Crippen molar-refractivity contribution in [2.75, 3.05) is 30.9 Å². The zero-order valence-corrected chi connectivity index (χ0v) is 21.7. The number of nitrogens with one attached hydrogen (secondary N) is 1. The first-order chi connectivity index (χ1) is 17.2. The molecular weight excluding hydrogens is 478 g/mol. The first-order valence-electron chi connectivity index (χ1n) is 11.7. The molecule has 0 radical (unpaired) electrons. The molecule has 0 saturated heterocycles. The number of carbonyl (C=O) groups excluding carboxylic acids is 2. The number of nitrogens with zero attached hydrogens (tertiary/aromatic N) is 6. The molecule has 1 aliphatic rings. The number of hydrogen-bond donors (Lipinski definition) is 1. The molecule has 186 valence electrons. The number of amides is 2. The second-order valence-corrected chi connectivity index (χ2v) is 9.92. The highest BCUT2D eigenvalue weighted by Gasteiger charge is 2.43. The lowest BCUT2D eigenvalue weighted by Crippen LogP contribution is -2.30. The van der Waals surface area contributed by atoms with Gasteiger partial charge in [-0.3, -0.25) is 14.5 Å². The van der Waals surface area contributed by atoms with E-state index in [0.717, 1.165) is 33.5 Å². The van der Waals surface area contributed by atoms with E-state index in [1.807, 2.05) is 87.2 Å². The van der Waals surface area contributed by atoms with Gasteiger partial charge in [0, 0.05) is 44.0 Å². The van der Waals surface area contributed by atoms with Gasteiger partial charge in [-0.05, 0) is 56.4 Å². The minimum Gasteiger partial charge on any atom is -0.350 e. The number of rotatable bonds is 6. The summed E-state index contributed by atoms with van der Waals surface area (Å²) in [6.07, 6.45) is 2.15. The molecule has 2 aromatic carbocycles. The second-order valence-electron chi connectivity index (χ2n) is 9.49. The summed E-state index contributed by atoms with van der Waals surface area (Å²) in [5.41, 5.74) is 6.02. The fourth-order valence-electron chi connectivity index (χ4n) is 4.83. The van der Waals surface area contributed by atoms with Gasteiger partial charge in [-0.1, -0.05) is 28.9 Å². The SMILES string of the molecule is Cc1cc(N2C(=O)c3c(NC(=O)CCN(C)C)cn(C)c3C2c2ccc(Cl)cc2)cc2c1nnn2C. The maximum Gasteiger partial charge on any atom is 0.263 e. The smallest absolute Gasteiger partial charge is 0.263 e. The number of anilines is 2. The Balaban J connectivity index is 1.64. The number of carbonyl (C=O) groups is 2. The van der Waals surface area contributed by atoms with E-state index < -0.39 is 6.04 Å². The third-order valence-electron chi connectivity index (χ3n) is 6.59. The highest BCUT2D eigenvalue weighted by atomic mass is 35.5. The zero-order valence-electron chi connectivity index (χ0n) is 20.9. The van der Waals surface area contributed by atoms with E-state index in [-0.39, 0.29) is 11.8 Å². The molecule has 0 spiro atoms. The molecule has 2 amide bonds. The van der Waals surface area contributed by atoms with E-state index in [1.54, 1.807) is 9.58 Å². The molecule has 1 aliphatic heterocycles. The van der Waals surface area contributed by atoms with Crippen molar-refractivity contribution in [3.8, 4) is 0 Å². The van der Waals surface area contributed by atoms with Crippen LogP contribution in [0.2, 0.25) is 5.02 Å². The lowest BCUT2D eigenvalue weighted by Gasteiger charge is -2.27. The quantitative estimate of drug-likeness (QED) is 0.429. The Morgan fingerprint density at radius 2 is 1.89 bits per heavy atom. The van der Waals surface area contributed by atoms with Crippen molar-refractivity contribution in [3.05, 3.63) is 70.0 Å². The van der Waals surface area contributed by atoms with Crippen molar-refractivity contribution in [2.24, 2.45) is 14.1 Å². The van der Waals surface area contributed by atoms with Gasteiger partial charge >= 0.3 is 0 Å². The lowest BCUT2D eigenvalue weighted by atomic mass is 10.0. The Labute approximate surface area is 214 Å². The number of fused-ring (bicyclic) bond motifs is 2. The standard InChI is InChI=1S/C26H28ClN7O2/c1-15-12-18(13-20-23(15)29-30-33(20)5)34-24(16-6-8-17(27)9-7-16)25-22(26(34)36)19(14-32(25)4)28-21(35)10-11-31(2)3/h6-9,12-14,24H,10-11H2,1-5H3,(H,28,35). The molecule has 0 saturated carbocycles. The lowest BCUT2D eigenvalue weighted by molar-refractivity contribution is -0.116. The van der Waals surface area contributed by atoms with Crippen LogP contribution in [-0.2, 0) is 18.9 Å². The summed E-state index contributed by atoms with van der Waals surface area (Å²) in [6.45, 7) is 2.58. The van der Waals surface area contributed by atoms with Crippen LogP contribution in [0.5, 0.6) is 0 Å². The molecule has 9 nitrogen and oxygen atoms in total. The van der Waals surface area contributed by atoms with Crippen LogP contribution in [0.25, 0.3) is 11.0 Å². The van der Waals surface area contributed by atoms with Crippen LogP contribution in [0.15, 0.2) is 42.6 Å². The van der Waals surface area contributed by atoms with Gasteiger partial charge in [-0.2, -0.15) is 0 Å². The normalized spacial score (nSPS) is 15.2. The Bertz CT molecular complexity index is 1490. The third kappa shape index (κ3) is 4.04. The zero-order chi connectivity index (χ0) is 25.7. The van der Waals surface area contributed by atoms with Crippen molar-refractivity contribution in [2.45, 2.75) is 19.4 Å². The van der Waals surface area contributed by atoms with Crippen LogP contribution in [-0.4, -0.2) is 56.9 Å². The van der Waals surface area contributed by atoms with Gasteiger partial charge in [0.05, 0.1) is 22.5 Å². The van der Waals surface area contributed by atoms with Crippen molar-refractivity contribution in [3.63, 3.8) is 0 Å². The Morgan fingerprint density at radius 1 is 1.17 bits per heavy atom. The van der Waals surface area contributed by atoms with Crippen LogP contribution in [0.4, 0.5) is 11.4 Å². The average Bonchev–Trinajstić information content (AvgIpc) is 3.46. The molecule has 1 N–H and O–H groups in total. The van der Waals surface area contributed by atoms with Gasteiger partial charge in [-0.15, -0.1) is 5.10 Å². The van der Waals surface area contributed by atoms with Gasteiger partial charge < -0.3 is 14.8 Å². The van der Waals surface area contributed by atoms with Crippen LogP contribution in [0.1, 0.15) is 39.6 Å². The largest absolute Gasteiger partial charge is 0.350 e. The van der Waals surface area contributed by atoms with E-state index in [0.29, 0.717) is 29.2 Å². The van der Waals surface area contributed by atoms with Gasteiger partial charge in [-0.25, -0.2) is 4.68 Å². The van der Waals surface area contributed by atoms with E-state index in [9.17, 15) is 9.59 Å². The minimum atomic E-state index is -0.403. The van der Waals surface area contributed by atoms with Gasteiger partial charge in [0.2, 0.25) is 5.91 Å². The molecule has 5 rings (SSSR count). The fraction of sp³-hybridized carbons (Fsp3) is 0.308. The highest BCUT2D eigenvalue weighted by molar-refractivity contribution is 6.30. The summed E-state index contributed by atoms with van der Waals surface area (Å²) in [4.78, 5) is 30.5. The summed E-state index contributed by atoms with van der Waals surface area (Å²) in [5.74, 6) is -0.313. The van der Waals surface area contributed by atoms with Gasteiger partial charge in [0.15, 0.2) is 0 Å². The Kier molecular flexibility index (Phi) is 6.05. The molecular formula is C26H28ClN7O2. The molecule has 1 unspecified atom stereocenters. The van der Waals surface area contributed by atoms with Crippen LogP contribution < -0.4 is 10.2 Å². The number of aryl methyl sites for hydroxylation is 3. The van der Waals surface area contributed by atoms with Gasteiger partial charge in [0.1, 0.15) is 11.6 Å². The Morgan fingerprint density at radius 3 is 2.58 bits per heavy atom. The average molecular weight is 506 g/mol. The summed E-state index contributed by atoms with van der Waals surface area (Å²) >= 11 is 6.18. The molecule has 3 heterocycles. The summed E-state index contributed by atoms with van der Waals surface area (Å²) in [7, 11) is 7.56. The monoisotopic (exact) mass is 505 g/mol. The first kappa shape index (κ1) is 24.0. The Hall–Kier alpha value is -3.69. The number of halogens is 1. The molecule has 1 atom stereocenters. The molecule has 0 bridgehead atoms. The molecule has 36 heavy (non-hydrogen) atoms. The molecule has 10 heteroatoms. The number of hydrogen-bond acceptors (Lipinski definition) is 5. The van der Waals surface area contributed by atoms with Crippen LogP contribution in [0, 0.1) is 6.92 Å². The maximum absolute atomic E-state index is 14.1. The predicted octanol–water partition coefficient (Wildman–Crippen LogP) is 3.91. The number of aromatic nitrogens is 4. The van der Waals surface area contributed by atoms with Gasteiger partial charge in [0.25, 0.3) is 5.91 Å². The summed E-state index contributed by atoms with van der Waals surface area (Å²) in [5, 5.41) is 12.0. The van der Waals surface area contributed by atoms with Crippen molar-refractivity contribution in [1.82, 2.24) is 24.5 Å². The van der Waals surface area contributed by atoms with Crippen LogP contribution in [0.3, 0.4) is 0 Å². The van der Waals surface area contributed by atoms with E-state index in [4.69, 9.17) is 11.6 Å². The number of benzene rings is 2. The second kappa shape index (κ2) is 9.07. The maximum atomic E-state index is 14.1. The van der Waals surface area contributed by atoms with Crippen molar-refractivity contribution < 1.29 is 9.59 Å². The minimum absolute atomic E-state index is 0.135. The molecule has 0 fully saturated rings. The van der Waals surface area contributed by atoms with E-state index in [2.05, 4.69) is 15.6 Å². The van der Waals surface area contributed by atoms with Crippen molar-refractivity contribution >= 4 is 45.8 Å². The van der Waals surface area contributed by atoms with E-state index >= 15 is 0 Å². The molecule has 0 aliphatic carbocycles.